The number of hydrogen-bond donors (Lipinski definition) is 0. The summed E-state index contributed by atoms with van der Waals surface area (Å²) in [5, 5.41) is 2.70. The molecule has 0 N–H and O–H groups in total. The van der Waals surface area contributed by atoms with Gasteiger partial charge in [-0.25, -0.2) is 0 Å². The molecular weight excluding hydrogens is 298 g/mol. The smallest absolute Gasteiger partial charge is 0.139 e. The molecule has 2 nitrogen and oxygen atoms in total. The Morgan fingerprint density at radius 2 is 2.33 bits per heavy atom. The Kier molecular flexibility index (Phi) is 3.61. The maximum Gasteiger partial charge on any atom is 0.139 e. The predicted molar refractivity (Wildman–Crippen MR) is 65.6 cm³/mol. The number of rotatable bonds is 3. The van der Waals surface area contributed by atoms with E-state index in [4.69, 9.17) is 16.3 Å². The zero-order valence-electron chi connectivity index (χ0n) is 7.61. The average Bonchev–Trinajstić information content (AvgIpc) is 2.61. The monoisotopic (exact) mass is 303 g/mol. The Balaban J connectivity index is 2.02. The molecule has 0 aromatic carbocycles. The number of halogens is 2. The van der Waals surface area contributed by atoms with Gasteiger partial charge in [-0.15, -0.1) is 11.3 Å². The van der Waals surface area contributed by atoms with E-state index in [1.807, 2.05) is 17.5 Å². The lowest BCUT2D eigenvalue weighted by Crippen LogP contribution is -1.93. The summed E-state index contributed by atoms with van der Waals surface area (Å²) in [6.07, 6.45) is 3.39. The van der Waals surface area contributed by atoms with Crippen molar-refractivity contribution in [2.24, 2.45) is 0 Å². The summed E-state index contributed by atoms with van der Waals surface area (Å²) in [5.41, 5.74) is 0. The lowest BCUT2D eigenvalue weighted by Gasteiger charge is -2.04. The van der Waals surface area contributed by atoms with Crippen molar-refractivity contribution in [3.63, 3.8) is 0 Å². The van der Waals surface area contributed by atoms with Crippen molar-refractivity contribution in [3.05, 3.63) is 44.3 Å². The lowest BCUT2D eigenvalue weighted by atomic mass is 10.4. The first-order valence-electron chi connectivity index (χ1n) is 4.21. The average molecular weight is 305 g/mol. The number of nitrogens with zero attached hydrogens (tertiary/aromatic N) is 1. The molecule has 15 heavy (non-hydrogen) atoms. The molecule has 2 aromatic heterocycles. The van der Waals surface area contributed by atoms with E-state index < -0.39 is 0 Å². The third-order valence-corrected chi connectivity index (χ3v) is 3.54. The summed E-state index contributed by atoms with van der Waals surface area (Å²) >= 11 is 10.9. The van der Waals surface area contributed by atoms with Crippen LogP contribution in [0.25, 0.3) is 0 Å². The first kappa shape index (κ1) is 10.9. The summed E-state index contributed by atoms with van der Waals surface area (Å²) in [5.74, 6) is 0.730. The molecule has 0 saturated heterocycles. The van der Waals surface area contributed by atoms with Crippen LogP contribution in [0.2, 0.25) is 5.02 Å². The van der Waals surface area contributed by atoms with E-state index >= 15 is 0 Å². The fourth-order valence-electron chi connectivity index (χ4n) is 1.05. The SMILES string of the molecule is Clc1ccsc1COc1cncc(Br)c1. The van der Waals surface area contributed by atoms with Crippen molar-refractivity contribution in [3.8, 4) is 5.75 Å². The summed E-state index contributed by atoms with van der Waals surface area (Å²) in [6, 6.07) is 3.73. The molecule has 0 aliphatic rings. The van der Waals surface area contributed by atoms with Gasteiger partial charge in [0, 0.05) is 10.7 Å². The molecule has 0 spiro atoms. The fraction of sp³-hybridized carbons (Fsp3) is 0.100. The van der Waals surface area contributed by atoms with Crippen molar-refractivity contribution in [1.82, 2.24) is 4.98 Å². The predicted octanol–water partition coefficient (Wildman–Crippen LogP) is 4.14. The van der Waals surface area contributed by atoms with Gasteiger partial charge in [0.25, 0.3) is 0 Å². The highest BCUT2D eigenvalue weighted by atomic mass is 79.9. The van der Waals surface area contributed by atoms with Gasteiger partial charge in [-0.05, 0) is 33.4 Å². The Labute approximate surface area is 105 Å². The summed E-state index contributed by atoms with van der Waals surface area (Å²) in [4.78, 5) is 5.03. The third-order valence-electron chi connectivity index (χ3n) is 1.74. The quantitative estimate of drug-likeness (QED) is 0.850. The molecule has 2 aromatic rings. The molecular formula is C10H7BrClNOS. The minimum atomic E-state index is 0.481. The van der Waals surface area contributed by atoms with E-state index in [0.717, 1.165) is 20.1 Å². The van der Waals surface area contributed by atoms with Crippen LogP contribution in [0.5, 0.6) is 5.75 Å². The fourth-order valence-corrected chi connectivity index (χ4v) is 2.39. The van der Waals surface area contributed by atoms with Crippen LogP contribution in [0.1, 0.15) is 4.88 Å². The van der Waals surface area contributed by atoms with Gasteiger partial charge < -0.3 is 4.74 Å². The molecule has 2 rings (SSSR count). The molecule has 0 unspecified atom stereocenters. The number of aromatic nitrogens is 1. The minimum Gasteiger partial charge on any atom is -0.486 e. The van der Waals surface area contributed by atoms with Crippen LogP contribution in [0.3, 0.4) is 0 Å². The van der Waals surface area contributed by atoms with Crippen molar-refractivity contribution in [1.29, 1.82) is 0 Å². The summed E-state index contributed by atoms with van der Waals surface area (Å²) < 4.78 is 6.45. The Morgan fingerprint density at radius 3 is 3.00 bits per heavy atom. The van der Waals surface area contributed by atoms with Gasteiger partial charge in [-0.3, -0.25) is 4.98 Å². The van der Waals surface area contributed by atoms with Crippen LogP contribution in [-0.4, -0.2) is 4.98 Å². The molecule has 2 heterocycles. The van der Waals surface area contributed by atoms with Crippen molar-refractivity contribution >= 4 is 38.9 Å². The largest absolute Gasteiger partial charge is 0.486 e. The molecule has 0 atom stereocenters. The Morgan fingerprint density at radius 1 is 1.47 bits per heavy atom. The molecule has 0 amide bonds. The van der Waals surface area contributed by atoms with Crippen molar-refractivity contribution in [2.75, 3.05) is 0 Å². The highest BCUT2D eigenvalue weighted by Gasteiger charge is 2.02. The van der Waals surface area contributed by atoms with Crippen LogP contribution in [0.4, 0.5) is 0 Å². The van der Waals surface area contributed by atoms with Crippen LogP contribution in [0.15, 0.2) is 34.4 Å². The van der Waals surface area contributed by atoms with E-state index in [2.05, 4.69) is 20.9 Å². The minimum absolute atomic E-state index is 0.481. The first-order chi connectivity index (χ1) is 7.25. The highest BCUT2D eigenvalue weighted by molar-refractivity contribution is 9.10. The van der Waals surface area contributed by atoms with E-state index in [-0.39, 0.29) is 0 Å². The van der Waals surface area contributed by atoms with E-state index in [0.29, 0.717) is 6.61 Å². The van der Waals surface area contributed by atoms with Gasteiger partial charge in [0.1, 0.15) is 12.4 Å². The Bertz CT molecular complexity index is 460. The summed E-state index contributed by atoms with van der Waals surface area (Å²) in [7, 11) is 0. The number of ether oxygens (including phenoxy) is 1. The molecule has 0 bridgehead atoms. The summed E-state index contributed by atoms with van der Waals surface area (Å²) in [6.45, 7) is 0.481. The maximum absolute atomic E-state index is 5.94. The molecule has 0 fully saturated rings. The second kappa shape index (κ2) is 4.96. The second-order valence-corrected chi connectivity index (χ2v) is 5.14. The van der Waals surface area contributed by atoms with Gasteiger partial charge >= 0.3 is 0 Å². The molecule has 0 saturated carbocycles. The molecule has 78 valence electrons. The van der Waals surface area contributed by atoms with Crippen LogP contribution >= 0.6 is 38.9 Å². The number of hydrogen-bond acceptors (Lipinski definition) is 3. The highest BCUT2D eigenvalue weighted by Crippen LogP contribution is 2.24. The van der Waals surface area contributed by atoms with E-state index in [1.165, 1.54) is 0 Å². The standard InChI is InChI=1S/C10H7BrClNOS/c11-7-3-8(5-13-4-7)14-6-10-9(12)1-2-15-10/h1-5H,6H2. The van der Waals surface area contributed by atoms with E-state index in [9.17, 15) is 0 Å². The molecule has 0 aliphatic heterocycles. The molecule has 0 radical (unpaired) electrons. The Hall–Kier alpha value is -0.580. The van der Waals surface area contributed by atoms with Gasteiger partial charge in [0.15, 0.2) is 0 Å². The van der Waals surface area contributed by atoms with Gasteiger partial charge in [-0.2, -0.15) is 0 Å². The van der Waals surface area contributed by atoms with Gasteiger partial charge in [0.2, 0.25) is 0 Å². The molecule has 0 aliphatic carbocycles. The zero-order chi connectivity index (χ0) is 10.7. The zero-order valence-corrected chi connectivity index (χ0v) is 10.8. The number of pyridine rings is 1. The number of thiophene rings is 1. The second-order valence-electron chi connectivity index (χ2n) is 2.82. The van der Waals surface area contributed by atoms with Gasteiger partial charge in [-0.1, -0.05) is 11.6 Å². The van der Waals surface area contributed by atoms with E-state index in [1.54, 1.807) is 23.7 Å². The normalized spacial score (nSPS) is 10.3. The van der Waals surface area contributed by atoms with Crippen molar-refractivity contribution < 1.29 is 4.74 Å². The topological polar surface area (TPSA) is 22.1 Å². The van der Waals surface area contributed by atoms with Crippen LogP contribution in [0, 0.1) is 0 Å². The van der Waals surface area contributed by atoms with Gasteiger partial charge in [0.05, 0.1) is 16.1 Å². The van der Waals surface area contributed by atoms with Crippen LogP contribution < -0.4 is 4.74 Å². The third kappa shape index (κ3) is 2.93. The van der Waals surface area contributed by atoms with Crippen LogP contribution in [-0.2, 0) is 6.61 Å². The van der Waals surface area contributed by atoms with Crippen molar-refractivity contribution in [2.45, 2.75) is 6.61 Å². The first-order valence-corrected chi connectivity index (χ1v) is 6.26. The lowest BCUT2D eigenvalue weighted by molar-refractivity contribution is 0.308. The maximum atomic E-state index is 5.94. The molecule has 5 heteroatoms.